The molecule has 7 nitrogen and oxygen atoms in total. The van der Waals surface area contributed by atoms with Crippen LogP contribution in [0.3, 0.4) is 0 Å². The Kier molecular flexibility index (Phi) is 6.19. The Balaban J connectivity index is 1.58. The highest BCUT2D eigenvalue weighted by Gasteiger charge is 2.23. The van der Waals surface area contributed by atoms with Gasteiger partial charge in [-0.3, -0.25) is 4.57 Å². The van der Waals surface area contributed by atoms with Gasteiger partial charge >= 0.3 is 0 Å². The predicted octanol–water partition coefficient (Wildman–Crippen LogP) is 4.96. The lowest BCUT2D eigenvalue weighted by molar-refractivity contribution is 0.122. The number of para-hydroxylation sites is 2. The monoisotopic (exact) mass is 514 g/mol. The van der Waals surface area contributed by atoms with Crippen molar-refractivity contribution in [2.75, 3.05) is 36.5 Å². The molecule has 0 atom stereocenters. The van der Waals surface area contributed by atoms with Crippen molar-refractivity contribution in [3.05, 3.63) is 70.5 Å². The summed E-state index contributed by atoms with van der Waals surface area (Å²) in [6.45, 7) is 2.90. The first kappa shape index (κ1) is 21.7. The summed E-state index contributed by atoms with van der Waals surface area (Å²) in [5, 5.41) is 3.31. The Hall–Kier alpha value is -3.11. The van der Waals surface area contributed by atoms with Crippen LogP contribution in [0.4, 0.5) is 20.5 Å². The van der Waals surface area contributed by atoms with Crippen molar-refractivity contribution in [2.45, 2.75) is 13.0 Å². The van der Waals surface area contributed by atoms with Gasteiger partial charge in [-0.2, -0.15) is 9.97 Å². The van der Waals surface area contributed by atoms with Crippen molar-refractivity contribution in [3.8, 4) is 5.82 Å². The number of fused-ring (bicyclic) bond motifs is 1. The summed E-state index contributed by atoms with van der Waals surface area (Å²) in [7, 11) is 0. The zero-order chi connectivity index (χ0) is 22.8. The Bertz CT molecular complexity index is 1260. The molecule has 2 aromatic carbocycles. The van der Waals surface area contributed by atoms with Gasteiger partial charge in [-0.05, 0) is 29.8 Å². The molecule has 0 bridgehead atoms. The van der Waals surface area contributed by atoms with Crippen LogP contribution in [-0.4, -0.2) is 45.8 Å². The minimum Gasteiger partial charge on any atom is -0.378 e. The third-order valence-electron chi connectivity index (χ3n) is 5.39. The average molecular weight is 515 g/mol. The van der Waals surface area contributed by atoms with Crippen LogP contribution in [0.15, 0.2) is 59.1 Å². The molecule has 2 aromatic heterocycles. The van der Waals surface area contributed by atoms with Gasteiger partial charge in [0, 0.05) is 30.2 Å². The van der Waals surface area contributed by atoms with Crippen LogP contribution in [0, 0.1) is 0 Å². The van der Waals surface area contributed by atoms with E-state index in [-0.39, 0.29) is 5.82 Å². The zero-order valence-electron chi connectivity index (χ0n) is 17.6. The van der Waals surface area contributed by atoms with Gasteiger partial charge in [-0.25, -0.2) is 13.8 Å². The van der Waals surface area contributed by atoms with E-state index in [1.807, 2.05) is 29.2 Å². The van der Waals surface area contributed by atoms with Gasteiger partial charge in [0.15, 0.2) is 5.82 Å². The molecule has 0 unspecified atom stereocenters. The summed E-state index contributed by atoms with van der Waals surface area (Å²) in [4.78, 5) is 15.5. The van der Waals surface area contributed by atoms with Crippen LogP contribution in [0.1, 0.15) is 17.8 Å². The van der Waals surface area contributed by atoms with E-state index < -0.39 is 6.43 Å². The lowest BCUT2D eigenvalue weighted by atomic mass is 10.2. The summed E-state index contributed by atoms with van der Waals surface area (Å²) in [5.74, 6) is 1.00. The SMILES string of the molecule is FC(F)c1nc2ccccc2n1-c1cc(NCc2ccc(Br)cc2)nc(N2CCOCC2)n1. The molecule has 5 rings (SSSR count). The minimum atomic E-state index is -2.75. The minimum absolute atomic E-state index is 0.341. The fraction of sp³-hybridized carbons (Fsp3) is 0.261. The van der Waals surface area contributed by atoms with E-state index in [9.17, 15) is 8.78 Å². The van der Waals surface area contributed by atoms with Gasteiger partial charge < -0.3 is 15.0 Å². The molecule has 1 N–H and O–H groups in total. The Morgan fingerprint density at radius 3 is 2.52 bits per heavy atom. The van der Waals surface area contributed by atoms with E-state index in [4.69, 9.17) is 4.74 Å². The summed E-state index contributed by atoms with van der Waals surface area (Å²) in [6.07, 6.45) is -2.75. The number of morpholine rings is 1. The number of hydrogen-bond acceptors (Lipinski definition) is 6. The van der Waals surface area contributed by atoms with Crippen LogP contribution in [-0.2, 0) is 11.3 Å². The maximum atomic E-state index is 13.9. The number of rotatable bonds is 6. The Morgan fingerprint density at radius 1 is 1.00 bits per heavy atom. The van der Waals surface area contributed by atoms with E-state index in [1.54, 1.807) is 30.3 Å². The predicted molar refractivity (Wildman–Crippen MR) is 126 cm³/mol. The number of nitrogens with one attached hydrogen (secondary N) is 1. The number of alkyl halides is 2. The topological polar surface area (TPSA) is 68.1 Å². The van der Waals surface area contributed by atoms with Gasteiger partial charge in [-0.1, -0.05) is 40.2 Å². The van der Waals surface area contributed by atoms with Crippen molar-refractivity contribution >= 4 is 38.7 Å². The molecule has 1 saturated heterocycles. The zero-order valence-corrected chi connectivity index (χ0v) is 19.2. The number of anilines is 2. The molecule has 33 heavy (non-hydrogen) atoms. The van der Waals surface area contributed by atoms with E-state index in [2.05, 4.69) is 36.2 Å². The summed E-state index contributed by atoms with van der Waals surface area (Å²) in [6, 6.07) is 16.7. The summed E-state index contributed by atoms with van der Waals surface area (Å²) < 4.78 is 35.7. The van der Waals surface area contributed by atoms with Gasteiger partial charge in [0.25, 0.3) is 6.43 Å². The highest BCUT2D eigenvalue weighted by molar-refractivity contribution is 9.10. The van der Waals surface area contributed by atoms with E-state index >= 15 is 0 Å². The quantitative estimate of drug-likeness (QED) is 0.392. The number of imidazole rings is 1. The molecule has 0 amide bonds. The fourth-order valence-electron chi connectivity index (χ4n) is 3.76. The lowest BCUT2D eigenvalue weighted by Crippen LogP contribution is -2.37. The van der Waals surface area contributed by atoms with Gasteiger partial charge in [0.05, 0.1) is 24.2 Å². The normalized spacial score (nSPS) is 14.2. The van der Waals surface area contributed by atoms with Crippen molar-refractivity contribution in [3.63, 3.8) is 0 Å². The maximum absolute atomic E-state index is 13.9. The maximum Gasteiger partial charge on any atom is 0.296 e. The van der Waals surface area contributed by atoms with E-state index in [1.165, 1.54) is 4.57 Å². The third-order valence-corrected chi connectivity index (χ3v) is 5.92. The van der Waals surface area contributed by atoms with Crippen molar-refractivity contribution < 1.29 is 13.5 Å². The molecular formula is C23H21BrF2N6O. The largest absolute Gasteiger partial charge is 0.378 e. The third kappa shape index (κ3) is 4.67. The molecule has 0 saturated carbocycles. The first-order valence-electron chi connectivity index (χ1n) is 10.5. The van der Waals surface area contributed by atoms with Gasteiger partial charge in [-0.15, -0.1) is 0 Å². The van der Waals surface area contributed by atoms with Gasteiger partial charge in [0.1, 0.15) is 11.6 Å². The fourth-order valence-corrected chi connectivity index (χ4v) is 4.02. The number of halogens is 3. The molecule has 170 valence electrons. The number of benzene rings is 2. The molecule has 1 fully saturated rings. The van der Waals surface area contributed by atoms with Gasteiger partial charge in [0.2, 0.25) is 5.95 Å². The first-order chi connectivity index (χ1) is 16.1. The van der Waals surface area contributed by atoms with E-state index in [0.717, 1.165) is 10.0 Å². The molecule has 3 heterocycles. The first-order valence-corrected chi connectivity index (χ1v) is 11.3. The van der Waals surface area contributed by atoms with Crippen LogP contribution < -0.4 is 10.2 Å². The Morgan fingerprint density at radius 2 is 1.76 bits per heavy atom. The molecule has 4 aromatic rings. The molecule has 10 heteroatoms. The second-order valence-electron chi connectivity index (χ2n) is 7.59. The van der Waals surface area contributed by atoms with Crippen molar-refractivity contribution in [1.29, 1.82) is 0 Å². The average Bonchev–Trinajstić information content (AvgIpc) is 3.24. The summed E-state index contributed by atoms with van der Waals surface area (Å²) in [5.41, 5.74) is 2.12. The van der Waals surface area contributed by atoms with Crippen LogP contribution in [0.2, 0.25) is 0 Å². The number of aromatic nitrogens is 4. The number of ether oxygens (including phenoxy) is 1. The highest BCUT2D eigenvalue weighted by Crippen LogP contribution is 2.29. The van der Waals surface area contributed by atoms with Crippen LogP contribution in [0.5, 0.6) is 0 Å². The summed E-state index contributed by atoms with van der Waals surface area (Å²) >= 11 is 3.44. The molecule has 0 aliphatic carbocycles. The van der Waals surface area contributed by atoms with Crippen molar-refractivity contribution in [1.82, 2.24) is 19.5 Å². The van der Waals surface area contributed by atoms with E-state index in [0.29, 0.717) is 61.5 Å². The smallest absolute Gasteiger partial charge is 0.296 e. The number of hydrogen-bond donors (Lipinski definition) is 1. The molecule has 0 spiro atoms. The Labute approximate surface area is 197 Å². The molecule has 1 aliphatic heterocycles. The van der Waals surface area contributed by atoms with Crippen molar-refractivity contribution in [2.24, 2.45) is 0 Å². The highest BCUT2D eigenvalue weighted by atomic mass is 79.9. The van der Waals surface area contributed by atoms with Crippen LogP contribution in [0.25, 0.3) is 16.9 Å². The molecule has 0 radical (unpaired) electrons. The molecular weight excluding hydrogens is 494 g/mol. The van der Waals surface area contributed by atoms with Crippen LogP contribution >= 0.6 is 15.9 Å². The number of nitrogens with zero attached hydrogens (tertiary/aromatic N) is 5. The standard InChI is InChI=1S/C23H21BrF2N6O/c24-16-7-5-15(6-8-16)14-27-19-13-20(30-23(29-19)31-9-11-33-12-10-31)32-18-4-2-1-3-17(18)28-22(32)21(25)26/h1-8,13,21H,9-12,14H2,(H,27,29,30). The lowest BCUT2D eigenvalue weighted by Gasteiger charge is -2.27. The second-order valence-corrected chi connectivity index (χ2v) is 8.50. The molecule has 1 aliphatic rings. The second kappa shape index (κ2) is 9.40.